The molecule has 1 aromatic rings. The van der Waals surface area contributed by atoms with Crippen LogP contribution in [0.1, 0.15) is 29.7 Å². The van der Waals surface area contributed by atoms with E-state index in [2.05, 4.69) is 22.2 Å². The van der Waals surface area contributed by atoms with Crippen molar-refractivity contribution in [2.75, 3.05) is 13.2 Å². The Morgan fingerprint density at radius 1 is 1.72 bits per heavy atom. The molecule has 1 aliphatic heterocycles. The minimum Gasteiger partial charge on any atom is -0.376 e. The lowest BCUT2D eigenvalue weighted by molar-refractivity contribution is 0.114. The highest BCUT2D eigenvalue weighted by atomic mass is 32.1. The molecule has 5 nitrogen and oxygen atoms in total. The van der Waals surface area contributed by atoms with Crippen LogP contribution in [0.5, 0.6) is 0 Å². The van der Waals surface area contributed by atoms with Gasteiger partial charge in [-0.05, 0) is 19.3 Å². The third-order valence-electron chi connectivity index (χ3n) is 2.87. The number of nitrogens with one attached hydrogen (secondary N) is 1. The van der Waals surface area contributed by atoms with E-state index in [1.807, 2.05) is 6.20 Å². The van der Waals surface area contributed by atoms with Gasteiger partial charge in [0.15, 0.2) is 5.96 Å². The second kappa shape index (κ2) is 6.70. The summed E-state index contributed by atoms with van der Waals surface area (Å²) in [4.78, 5) is 9.86. The number of ether oxygens (including phenoxy) is 1. The van der Waals surface area contributed by atoms with Crippen molar-refractivity contribution in [3.63, 3.8) is 0 Å². The van der Waals surface area contributed by atoms with Crippen molar-refractivity contribution < 1.29 is 4.74 Å². The van der Waals surface area contributed by atoms with Gasteiger partial charge in [0, 0.05) is 24.2 Å². The SMILES string of the molecule is CCc1cnc(CN=C(N)NCC2CCCO2)s1. The lowest BCUT2D eigenvalue weighted by Gasteiger charge is -2.10. The van der Waals surface area contributed by atoms with Crippen molar-refractivity contribution in [2.24, 2.45) is 10.7 Å². The zero-order chi connectivity index (χ0) is 12.8. The van der Waals surface area contributed by atoms with Gasteiger partial charge >= 0.3 is 0 Å². The molecule has 1 aromatic heterocycles. The average Bonchev–Trinajstić information content (AvgIpc) is 3.04. The molecule has 1 saturated heterocycles. The van der Waals surface area contributed by atoms with E-state index in [0.717, 1.165) is 37.4 Å². The Kier molecular flexibility index (Phi) is 4.95. The summed E-state index contributed by atoms with van der Waals surface area (Å²) in [5, 5.41) is 4.10. The van der Waals surface area contributed by atoms with Crippen molar-refractivity contribution >= 4 is 17.3 Å². The Bertz CT molecular complexity index is 399. The molecule has 1 aliphatic rings. The van der Waals surface area contributed by atoms with E-state index in [1.165, 1.54) is 4.88 Å². The second-order valence-electron chi connectivity index (χ2n) is 4.29. The van der Waals surface area contributed by atoms with Crippen molar-refractivity contribution in [1.29, 1.82) is 0 Å². The fourth-order valence-corrected chi connectivity index (χ4v) is 2.60. The molecule has 3 N–H and O–H groups in total. The Hall–Kier alpha value is -1.14. The van der Waals surface area contributed by atoms with Crippen molar-refractivity contribution in [2.45, 2.75) is 38.8 Å². The highest BCUT2D eigenvalue weighted by Crippen LogP contribution is 2.14. The van der Waals surface area contributed by atoms with Gasteiger partial charge in [0.05, 0.1) is 12.6 Å². The number of guanidine groups is 1. The minimum absolute atomic E-state index is 0.283. The summed E-state index contributed by atoms with van der Waals surface area (Å²) in [6, 6.07) is 0. The molecule has 0 spiro atoms. The first-order valence-electron chi connectivity index (χ1n) is 6.37. The standard InChI is InChI=1S/C12H20N4OS/c1-2-10-7-14-11(18-10)8-16-12(13)15-6-9-4-3-5-17-9/h7,9H,2-6,8H2,1H3,(H3,13,15,16). The number of hydrogen-bond donors (Lipinski definition) is 2. The Morgan fingerprint density at radius 2 is 2.61 bits per heavy atom. The fourth-order valence-electron chi connectivity index (χ4n) is 1.82. The molecule has 0 saturated carbocycles. The van der Waals surface area contributed by atoms with Gasteiger partial charge in [0.1, 0.15) is 5.01 Å². The molecule has 0 bridgehead atoms. The molecule has 1 unspecified atom stereocenters. The number of aromatic nitrogens is 1. The first-order valence-corrected chi connectivity index (χ1v) is 7.18. The lowest BCUT2D eigenvalue weighted by atomic mass is 10.2. The van der Waals surface area contributed by atoms with Gasteiger partial charge < -0.3 is 15.8 Å². The maximum Gasteiger partial charge on any atom is 0.189 e. The lowest BCUT2D eigenvalue weighted by Crippen LogP contribution is -2.37. The number of rotatable bonds is 5. The molecule has 0 radical (unpaired) electrons. The van der Waals surface area contributed by atoms with Crippen LogP contribution in [0.15, 0.2) is 11.2 Å². The van der Waals surface area contributed by atoms with E-state index in [4.69, 9.17) is 10.5 Å². The Balaban J connectivity index is 1.73. The van der Waals surface area contributed by atoms with Gasteiger partial charge in [-0.25, -0.2) is 9.98 Å². The molecule has 2 heterocycles. The summed E-state index contributed by atoms with van der Waals surface area (Å²) in [6.07, 6.45) is 5.46. The quantitative estimate of drug-likeness (QED) is 0.623. The van der Waals surface area contributed by atoms with E-state index in [-0.39, 0.29) is 6.10 Å². The zero-order valence-corrected chi connectivity index (χ0v) is 11.5. The van der Waals surface area contributed by atoms with Crippen LogP contribution in [-0.4, -0.2) is 30.2 Å². The van der Waals surface area contributed by atoms with E-state index < -0.39 is 0 Å². The summed E-state index contributed by atoms with van der Waals surface area (Å²) in [5.74, 6) is 0.471. The first kappa shape index (κ1) is 13.3. The summed E-state index contributed by atoms with van der Waals surface area (Å²) < 4.78 is 5.50. The van der Waals surface area contributed by atoms with Crippen LogP contribution in [0.4, 0.5) is 0 Å². The normalized spacial score (nSPS) is 20.3. The monoisotopic (exact) mass is 268 g/mol. The highest BCUT2D eigenvalue weighted by Gasteiger charge is 2.14. The van der Waals surface area contributed by atoms with Gasteiger partial charge in [-0.15, -0.1) is 11.3 Å². The summed E-state index contributed by atoms with van der Waals surface area (Å²) in [5.41, 5.74) is 5.80. The third kappa shape index (κ3) is 3.96. The van der Waals surface area contributed by atoms with Crippen LogP contribution in [-0.2, 0) is 17.7 Å². The van der Waals surface area contributed by atoms with Crippen molar-refractivity contribution in [3.8, 4) is 0 Å². The number of thiazole rings is 1. The Labute approximate surface area is 111 Å². The van der Waals surface area contributed by atoms with Crippen molar-refractivity contribution in [1.82, 2.24) is 10.3 Å². The van der Waals surface area contributed by atoms with Crippen LogP contribution in [0.2, 0.25) is 0 Å². The van der Waals surface area contributed by atoms with Crippen molar-refractivity contribution in [3.05, 3.63) is 16.1 Å². The summed E-state index contributed by atoms with van der Waals surface area (Å²) in [6.45, 7) is 4.28. The molecule has 2 rings (SSSR count). The summed E-state index contributed by atoms with van der Waals surface area (Å²) >= 11 is 1.69. The predicted octanol–water partition coefficient (Wildman–Crippen LogP) is 1.29. The first-order chi connectivity index (χ1) is 8.78. The van der Waals surface area contributed by atoms with Gasteiger partial charge in [0.25, 0.3) is 0 Å². The highest BCUT2D eigenvalue weighted by molar-refractivity contribution is 7.11. The predicted molar refractivity (Wildman–Crippen MR) is 73.8 cm³/mol. The molecule has 100 valence electrons. The average molecular weight is 268 g/mol. The number of nitrogens with zero attached hydrogens (tertiary/aromatic N) is 2. The number of nitrogens with two attached hydrogens (primary N) is 1. The van der Waals surface area contributed by atoms with Crippen LogP contribution in [0, 0.1) is 0 Å². The minimum atomic E-state index is 0.283. The van der Waals surface area contributed by atoms with E-state index in [0.29, 0.717) is 12.5 Å². The van der Waals surface area contributed by atoms with E-state index in [9.17, 15) is 0 Å². The molecule has 1 fully saturated rings. The van der Waals surface area contributed by atoms with Gasteiger partial charge in [-0.2, -0.15) is 0 Å². The maximum absolute atomic E-state index is 5.80. The van der Waals surface area contributed by atoms with Crippen LogP contribution >= 0.6 is 11.3 Å². The van der Waals surface area contributed by atoms with E-state index >= 15 is 0 Å². The third-order valence-corrected chi connectivity index (χ3v) is 4.00. The number of aliphatic imine (C=N–C) groups is 1. The Morgan fingerprint density at radius 3 is 3.28 bits per heavy atom. The molecule has 0 amide bonds. The molecular weight excluding hydrogens is 248 g/mol. The van der Waals surface area contributed by atoms with Gasteiger partial charge in [-0.1, -0.05) is 6.92 Å². The number of hydrogen-bond acceptors (Lipinski definition) is 4. The summed E-state index contributed by atoms with van der Waals surface area (Å²) in [7, 11) is 0. The van der Waals surface area contributed by atoms with Gasteiger partial charge in [0.2, 0.25) is 0 Å². The van der Waals surface area contributed by atoms with Crippen LogP contribution in [0.3, 0.4) is 0 Å². The fraction of sp³-hybridized carbons (Fsp3) is 0.667. The molecular formula is C12H20N4OS. The second-order valence-corrected chi connectivity index (χ2v) is 5.49. The largest absolute Gasteiger partial charge is 0.376 e. The molecule has 18 heavy (non-hydrogen) atoms. The topological polar surface area (TPSA) is 72.5 Å². The molecule has 0 aromatic carbocycles. The maximum atomic E-state index is 5.80. The smallest absolute Gasteiger partial charge is 0.189 e. The van der Waals surface area contributed by atoms with Crippen LogP contribution < -0.4 is 11.1 Å². The molecule has 0 aliphatic carbocycles. The molecule has 1 atom stereocenters. The van der Waals surface area contributed by atoms with Gasteiger partial charge in [-0.3, -0.25) is 0 Å². The number of aryl methyl sites for hydroxylation is 1. The van der Waals surface area contributed by atoms with Crippen LogP contribution in [0.25, 0.3) is 0 Å². The van der Waals surface area contributed by atoms with E-state index in [1.54, 1.807) is 11.3 Å². The zero-order valence-electron chi connectivity index (χ0n) is 10.7. The molecule has 6 heteroatoms.